The van der Waals surface area contributed by atoms with Gasteiger partial charge in [-0.1, -0.05) is 35.1 Å². The van der Waals surface area contributed by atoms with E-state index >= 15 is 0 Å². The summed E-state index contributed by atoms with van der Waals surface area (Å²) in [4.78, 5) is 35.6. The van der Waals surface area contributed by atoms with Crippen molar-refractivity contribution in [2.75, 3.05) is 6.61 Å². The maximum Gasteiger partial charge on any atom is 0.339 e. The fraction of sp³-hybridized carbons (Fsp3) is 0.267. The summed E-state index contributed by atoms with van der Waals surface area (Å²) >= 11 is 7.60. The van der Waals surface area contributed by atoms with Gasteiger partial charge in [-0.3, -0.25) is 14.3 Å². The van der Waals surface area contributed by atoms with Gasteiger partial charge in [0, 0.05) is 34.7 Å². The van der Waals surface area contributed by atoms with Crippen molar-refractivity contribution in [1.29, 1.82) is 0 Å². The molecule has 0 bridgehead atoms. The Hall–Kier alpha value is -3.59. The number of nitrogens with zero attached hydrogens (tertiary/aromatic N) is 3. The lowest BCUT2D eigenvalue weighted by Crippen LogP contribution is -2.29. The van der Waals surface area contributed by atoms with Crippen LogP contribution in [0.2, 0.25) is 5.02 Å². The summed E-state index contributed by atoms with van der Waals surface area (Å²) < 4.78 is 14.1. The Labute approximate surface area is 235 Å². The number of carbonyl (C=O) groups excluding carboxylic acids is 1. The third-order valence-corrected chi connectivity index (χ3v) is 7.54. The van der Waals surface area contributed by atoms with Crippen molar-refractivity contribution < 1.29 is 14.3 Å². The van der Waals surface area contributed by atoms with Crippen molar-refractivity contribution in [3.63, 3.8) is 0 Å². The number of halogens is 1. The van der Waals surface area contributed by atoms with Gasteiger partial charge in [0.1, 0.15) is 0 Å². The highest BCUT2D eigenvalue weighted by Crippen LogP contribution is 2.43. The summed E-state index contributed by atoms with van der Waals surface area (Å²) in [5.41, 5.74) is 3.04. The van der Waals surface area contributed by atoms with Gasteiger partial charge in [0.15, 0.2) is 11.2 Å². The zero-order chi connectivity index (χ0) is 27.9. The quantitative estimate of drug-likeness (QED) is 0.207. The molecule has 3 heterocycles. The van der Waals surface area contributed by atoms with Gasteiger partial charge in [-0.05, 0) is 81.5 Å². The molecule has 200 valence electrons. The van der Waals surface area contributed by atoms with Gasteiger partial charge in [-0.15, -0.1) is 0 Å². The first kappa shape index (κ1) is 27.0. The molecule has 2 aromatic carbocycles. The van der Waals surface area contributed by atoms with E-state index in [1.807, 2.05) is 64.1 Å². The number of benzene rings is 2. The van der Waals surface area contributed by atoms with E-state index in [0.717, 1.165) is 26.8 Å². The fourth-order valence-electron chi connectivity index (χ4n) is 4.57. The molecule has 0 saturated carbocycles. The molecule has 0 radical (unpaired) electrons. The van der Waals surface area contributed by atoms with Crippen molar-refractivity contribution in [3.8, 4) is 16.3 Å². The van der Waals surface area contributed by atoms with Crippen LogP contribution in [-0.4, -0.2) is 32.7 Å². The average molecular weight is 562 g/mol. The SMILES string of the molecule is CCOC(=O)[C@@H](OC(C)(C)C)c1c(C)cc2nc(-n3ccc4ccncc4c3=O)sc2c1-c1ccc(Cl)cc1. The van der Waals surface area contributed by atoms with Crippen LogP contribution in [0.4, 0.5) is 0 Å². The van der Waals surface area contributed by atoms with E-state index in [-0.39, 0.29) is 12.2 Å². The van der Waals surface area contributed by atoms with Crippen molar-refractivity contribution in [3.05, 3.63) is 87.6 Å². The minimum atomic E-state index is -0.972. The summed E-state index contributed by atoms with van der Waals surface area (Å²) in [7, 11) is 0. The molecule has 1 atom stereocenters. The maximum absolute atomic E-state index is 13.4. The zero-order valence-electron chi connectivity index (χ0n) is 22.3. The third kappa shape index (κ3) is 5.32. The number of hydrogen-bond acceptors (Lipinski definition) is 7. The highest BCUT2D eigenvalue weighted by atomic mass is 35.5. The molecule has 0 unspecified atom stereocenters. The Kier molecular flexibility index (Phi) is 7.29. The van der Waals surface area contributed by atoms with Crippen LogP contribution < -0.4 is 5.56 Å². The minimum Gasteiger partial charge on any atom is -0.464 e. The van der Waals surface area contributed by atoms with Crippen molar-refractivity contribution in [2.45, 2.75) is 46.3 Å². The molecular formula is C30H28ClN3O4S. The zero-order valence-corrected chi connectivity index (χ0v) is 23.9. The van der Waals surface area contributed by atoms with Gasteiger partial charge in [0.05, 0.1) is 27.8 Å². The molecule has 0 aliphatic heterocycles. The van der Waals surface area contributed by atoms with Crippen LogP contribution in [0.25, 0.3) is 37.2 Å². The van der Waals surface area contributed by atoms with E-state index in [9.17, 15) is 9.59 Å². The normalized spacial score (nSPS) is 12.7. The number of ether oxygens (including phenoxy) is 2. The lowest BCUT2D eigenvalue weighted by atomic mass is 9.91. The number of rotatable bonds is 6. The number of pyridine rings is 2. The molecule has 0 N–H and O–H groups in total. The van der Waals surface area contributed by atoms with Gasteiger partial charge < -0.3 is 9.47 Å². The Bertz CT molecular complexity index is 1750. The number of hydrogen-bond donors (Lipinski definition) is 0. The van der Waals surface area contributed by atoms with Gasteiger partial charge >= 0.3 is 5.97 Å². The standard InChI is InChI=1S/C30H28ClN3O4S/c1-6-37-28(36)25(38-30(3,4)5)23-17(2)15-22-26(24(23)19-7-9-20(31)10-8-19)39-29(33-22)34-14-12-18-11-13-32-16-21(18)27(34)35/h7-16,25H,6H2,1-5H3/t25-/m0/s1. The summed E-state index contributed by atoms with van der Waals surface area (Å²) in [6.45, 7) is 9.64. The first-order chi connectivity index (χ1) is 18.6. The van der Waals surface area contributed by atoms with Gasteiger partial charge in [0.2, 0.25) is 0 Å². The van der Waals surface area contributed by atoms with E-state index in [4.69, 9.17) is 26.1 Å². The molecule has 0 aliphatic rings. The van der Waals surface area contributed by atoms with Crippen molar-refractivity contribution >= 4 is 49.9 Å². The first-order valence-corrected chi connectivity index (χ1v) is 13.8. The molecule has 39 heavy (non-hydrogen) atoms. The summed E-state index contributed by atoms with van der Waals surface area (Å²) in [5.74, 6) is -0.465. The second kappa shape index (κ2) is 10.5. The first-order valence-electron chi connectivity index (χ1n) is 12.6. The minimum absolute atomic E-state index is 0.204. The number of esters is 1. The molecule has 9 heteroatoms. The van der Waals surface area contributed by atoms with E-state index in [1.165, 1.54) is 15.9 Å². The highest BCUT2D eigenvalue weighted by molar-refractivity contribution is 7.21. The number of carbonyl (C=O) groups is 1. The third-order valence-electron chi connectivity index (χ3n) is 6.20. The topological polar surface area (TPSA) is 83.3 Å². The Morgan fingerprint density at radius 3 is 2.59 bits per heavy atom. The molecule has 0 spiro atoms. The number of fused-ring (bicyclic) bond motifs is 2. The largest absolute Gasteiger partial charge is 0.464 e. The van der Waals surface area contributed by atoms with E-state index in [0.29, 0.717) is 26.6 Å². The second-order valence-electron chi connectivity index (χ2n) is 10.1. The van der Waals surface area contributed by atoms with Crippen LogP contribution in [-0.2, 0) is 14.3 Å². The average Bonchev–Trinajstić information content (AvgIpc) is 3.30. The van der Waals surface area contributed by atoms with Crippen LogP contribution in [0.15, 0.2) is 65.8 Å². The van der Waals surface area contributed by atoms with Gasteiger partial charge in [0.25, 0.3) is 5.56 Å². The lowest BCUT2D eigenvalue weighted by Gasteiger charge is -2.29. The van der Waals surface area contributed by atoms with E-state index in [1.54, 1.807) is 31.6 Å². The summed E-state index contributed by atoms with van der Waals surface area (Å²) in [5, 5.41) is 2.43. The Morgan fingerprint density at radius 2 is 1.90 bits per heavy atom. The molecule has 0 amide bonds. The van der Waals surface area contributed by atoms with Crippen molar-refractivity contribution in [2.24, 2.45) is 0 Å². The van der Waals surface area contributed by atoms with E-state index in [2.05, 4.69) is 4.98 Å². The molecular weight excluding hydrogens is 534 g/mol. The fourth-order valence-corrected chi connectivity index (χ4v) is 5.81. The van der Waals surface area contributed by atoms with Crippen LogP contribution in [0.1, 0.15) is 44.9 Å². The van der Waals surface area contributed by atoms with Crippen LogP contribution in [0.3, 0.4) is 0 Å². The molecule has 7 nitrogen and oxygen atoms in total. The molecule has 0 fully saturated rings. The molecule has 5 aromatic rings. The highest BCUT2D eigenvalue weighted by Gasteiger charge is 2.33. The van der Waals surface area contributed by atoms with Gasteiger partial charge in [-0.2, -0.15) is 0 Å². The second-order valence-corrected chi connectivity index (χ2v) is 11.6. The molecule has 0 aliphatic carbocycles. The lowest BCUT2D eigenvalue weighted by molar-refractivity contribution is -0.166. The Morgan fingerprint density at radius 1 is 1.15 bits per heavy atom. The summed E-state index contributed by atoms with van der Waals surface area (Å²) in [6.07, 6.45) is 3.98. The predicted octanol–water partition coefficient (Wildman–Crippen LogP) is 7.04. The summed E-state index contributed by atoms with van der Waals surface area (Å²) in [6, 6.07) is 13.0. The van der Waals surface area contributed by atoms with E-state index < -0.39 is 17.7 Å². The predicted molar refractivity (Wildman–Crippen MR) is 156 cm³/mol. The van der Waals surface area contributed by atoms with Crippen LogP contribution in [0, 0.1) is 6.92 Å². The maximum atomic E-state index is 13.4. The van der Waals surface area contributed by atoms with Gasteiger partial charge in [-0.25, -0.2) is 9.78 Å². The smallest absolute Gasteiger partial charge is 0.339 e. The molecule has 5 rings (SSSR count). The van der Waals surface area contributed by atoms with Crippen molar-refractivity contribution in [1.82, 2.24) is 14.5 Å². The van der Waals surface area contributed by atoms with Crippen LogP contribution >= 0.6 is 22.9 Å². The monoisotopic (exact) mass is 561 g/mol. The molecule has 0 saturated heterocycles. The van der Waals surface area contributed by atoms with Crippen LogP contribution in [0.5, 0.6) is 0 Å². The Balaban J connectivity index is 1.81. The number of aryl methyl sites for hydroxylation is 1. The number of aromatic nitrogens is 3. The molecule has 3 aromatic heterocycles. The number of thiazole rings is 1.